The molecule has 13 nitrogen and oxygen atoms in total. The van der Waals surface area contributed by atoms with E-state index in [0.717, 1.165) is 0 Å². The molecule has 0 fully saturated rings. The van der Waals surface area contributed by atoms with Crippen molar-refractivity contribution in [2.24, 2.45) is 11.7 Å². The van der Waals surface area contributed by atoms with Crippen LogP contribution in [0.25, 0.3) is 0 Å². The summed E-state index contributed by atoms with van der Waals surface area (Å²) >= 11 is 0. The number of amidine groups is 1. The molecule has 7 N–H and O–H groups in total. The number of hydrogen-bond acceptors (Lipinski definition) is 8. The van der Waals surface area contributed by atoms with Gasteiger partial charge in [0, 0.05) is 17.9 Å². The molecule has 2 atom stereocenters. The van der Waals surface area contributed by atoms with Crippen molar-refractivity contribution in [1.29, 1.82) is 5.41 Å². The van der Waals surface area contributed by atoms with Crippen LogP contribution in [0, 0.1) is 11.3 Å². The van der Waals surface area contributed by atoms with Crippen LogP contribution in [0.2, 0.25) is 0 Å². The molecule has 0 aliphatic carbocycles. The third kappa shape index (κ3) is 10.4. The lowest BCUT2D eigenvalue weighted by atomic mass is 10.0. The van der Waals surface area contributed by atoms with Crippen LogP contribution in [-0.2, 0) is 25.6 Å². The van der Waals surface area contributed by atoms with Gasteiger partial charge >= 0.3 is 30.1 Å². The Hall–Kier alpha value is -4.89. The maximum atomic E-state index is 12.2. The van der Waals surface area contributed by atoms with Crippen molar-refractivity contribution in [2.75, 3.05) is 0 Å². The first-order valence-electron chi connectivity index (χ1n) is 10.3. The maximum absolute atomic E-state index is 12.2. The van der Waals surface area contributed by atoms with Gasteiger partial charge < -0.3 is 35.5 Å². The maximum Gasteiger partial charge on any atom is 0.490 e. The van der Waals surface area contributed by atoms with E-state index >= 15 is 0 Å². The number of esters is 1. The molecule has 0 aliphatic rings. The summed E-state index contributed by atoms with van der Waals surface area (Å²) < 4.78 is 42.3. The number of ether oxygens (including phenoxy) is 1. The SMILES string of the molecule is C[C@H](Cc1ccc(C(=O)Oc2ccc(C(=N)N)cc2)o1)C(=O)N[C@@H](CC(=O)O)C(=O)O.O=C(O)C(F)(F)F. The number of nitrogens with two attached hydrogens (primary N) is 1. The van der Waals surface area contributed by atoms with Gasteiger partial charge in [0.2, 0.25) is 11.7 Å². The number of carboxylic acids is 3. The second-order valence-corrected chi connectivity index (χ2v) is 7.50. The fourth-order valence-electron chi connectivity index (χ4n) is 2.54. The molecule has 0 unspecified atom stereocenters. The van der Waals surface area contributed by atoms with Crippen molar-refractivity contribution in [1.82, 2.24) is 5.32 Å². The van der Waals surface area contributed by atoms with Crippen molar-refractivity contribution >= 4 is 35.6 Å². The van der Waals surface area contributed by atoms with Gasteiger partial charge in [0.1, 0.15) is 23.4 Å². The third-order valence-corrected chi connectivity index (χ3v) is 4.43. The summed E-state index contributed by atoms with van der Waals surface area (Å²) in [6.45, 7) is 1.51. The number of nitrogens with one attached hydrogen (secondary N) is 2. The second-order valence-electron chi connectivity index (χ2n) is 7.50. The number of carbonyl (C=O) groups is 5. The number of carbonyl (C=O) groups excluding carboxylic acids is 2. The Morgan fingerprint density at radius 2 is 1.61 bits per heavy atom. The van der Waals surface area contributed by atoms with Gasteiger partial charge in [-0.3, -0.25) is 15.0 Å². The Morgan fingerprint density at radius 1 is 1.05 bits per heavy atom. The smallest absolute Gasteiger partial charge is 0.481 e. The summed E-state index contributed by atoms with van der Waals surface area (Å²) in [5.41, 5.74) is 5.83. The molecule has 0 bridgehead atoms. The Balaban J connectivity index is 0.000000905. The van der Waals surface area contributed by atoms with Gasteiger partial charge in [0.05, 0.1) is 6.42 Å². The number of benzene rings is 1. The highest BCUT2D eigenvalue weighted by Crippen LogP contribution is 2.18. The lowest BCUT2D eigenvalue weighted by molar-refractivity contribution is -0.192. The molecule has 16 heteroatoms. The van der Waals surface area contributed by atoms with Gasteiger partial charge in [-0.15, -0.1) is 0 Å². The van der Waals surface area contributed by atoms with Crippen molar-refractivity contribution in [3.05, 3.63) is 53.5 Å². The summed E-state index contributed by atoms with van der Waals surface area (Å²) in [7, 11) is 0. The molecule has 206 valence electrons. The molecule has 1 heterocycles. The average Bonchev–Trinajstić information content (AvgIpc) is 3.27. The zero-order valence-electron chi connectivity index (χ0n) is 19.4. The van der Waals surface area contributed by atoms with E-state index in [-0.39, 0.29) is 29.5 Å². The second kappa shape index (κ2) is 13.4. The molecule has 1 amide bonds. The van der Waals surface area contributed by atoms with Crippen molar-refractivity contribution in [2.45, 2.75) is 32.0 Å². The highest BCUT2D eigenvalue weighted by atomic mass is 19.4. The van der Waals surface area contributed by atoms with Crippen molar-refractivity contribution < 1.29 is 61.6 Å². The number of halogens is 3. The van der Waals surface area contributed by atoms with E-state index in [1.165, 1.54) is 43.3 Å². The van der Waals surface area contributed by atoms with Crippen molar-refractivity contribution in [3.8, 4) is 5.75 Å². The number of amides is 1. The first kappa shape index (κ1) is 31.1. The summed E-state index contributed by atoms with van der Waals surface area (Å²) in [4.78, 5) is 55.1. The van der Waals surface area contributed by atoms with Gasteiger partial charge in [-0.25, -0.2) is 14.4 Å². The Bertz CT molecular complexity index is 1190. The van der Waals surface area contributed by atoms with Gasteiger partial charge in [0.15, 0.2) is 0 Å². The molecule has 0 spiro atoms. The molecule has 0 saturated carbocycles. The molecule has 1 aromatic heterocycles. The molecular formula is C22H22F3N3O10. The number of furan rings is 1. The zero-order chi connectivity index (χ0) is 29.2. The number of aliphatic carboxylic acids is 3. The topological polar surface area (TPSA) is 230 Å². The molecule has 38 heavy (non-hydrogen) atoms. The predicted molar refractivity (Wildman–Crippen MR) is 120 cm³/mol. The van der Waals surface area contributed by atoms with Crippen LogP contribution in [-0.4, -0.2) is 63.2 Å². The lowest BCUT2D eigenvalue weighted by Crippen LogP contribution is -2.44. The van der Waals surface area contributed by atoms with E-state index in [4.69, 9.17) is 40.4 Å². The minimum absolute atomic E-state index is 0.0475. The Labute approximate surface area is 211 Å². The first-order chi connectivity index (χ1) is 17.5. The summed E-state index contributed by atoms with van der Waals surface area (Å²) in [6.07, 6.45) is -5.79. The largest absolute Gasteiger partial charge is 0.490 e. The van der Waals surface area contributed by atoms with Crippen LogP contribution < -0.4 is 15.8 Å². The number of alkyl halides is 3. The van der Waals surface area contributed by atoms with Crippen molar-refractivity contribution in [3.63, 3.8) is 0 Å². The molecule has 1 aromatic carbocycles. The van der Waals surface area contributed by atoms with Crippen LogP contribution in [0.4, 0.5) is 13.2 Å². The number of hydrogen-bond donors (Lipinski definition) is 6. The zero-order valence-corrected chi connectivity index (χ0v) is 19.4. The Morgan fingerprint density at radius 3 is 2.05 bits per heavy atom. The van der Waals surface area contributed by atoms with E-state index in [1.807, 2.05) is 0 Å². The Kier molecular flexibility index (Phi) is 11.0. The minimum atomic E-state index is -5.08. The van der Waals surface area contributed by atoms with E-state index < -0.39 is 54.3 Å². The van der Waals surface area contributed by atoms with Gasteiger partial charge in [-0.1, -0.05) is 6.92 Å². The fourth-order valence-corrected chi connectivity index (χ4v) is 2.54. The van der Waals surface area contributed by atoms with Crippen LogP contribution in [0.15, 0.2) is 40.8 Å². The summed E-state index contributed by atoms with van der Waals surface area (Å²) in [5.74, 6) is -7.47. The van der Waals surface area contributed by atoms with Gasteiger partial charge in [-0.05, 0) is 36.4 Å². The van der Waals surface area contributed by atoms with Crippen LogP contribution in [0.3, 0.4) is 0 Å². The van der Waals surface area contributed by atoms with Crippen LogP contribution in [0.5, 0.6) is 5.75 Å². The lowest BCUT2D eigenvalue weighted by Gasteiger charge is -2.15. The molecule has 0 saturated heterocycles. The number of rotatable bonds is 10. The quantitative estimate of drug-likeness (QED) is 0.109. The normalized spacial score (nSPS) is 12.2. The van der Waals surface area contributed by atoms with Gasteiger partial charge in [0.25, 0.3) is 0 Å². The molecule has 2 aromatic rings. The fraction of sp³-hybridized carbons (Fsp3) is 0.273. The third-order valence-electron chi connectivity index (χ3n) is 4.43. The summed E-state index contributed by atoms with van der Waals surface area (Å²) in [5, 5.41) is 34.4. The van der Waals surface area contributed by atoms with Gasteiger partial charge in [-0.2, -0.15) is 13.2 Å². The number of carboxylic acid groups (broad SMARTS) is 3. The summed E-state index contributed by atoms with van der Waals surface area (Å²) in [6, 6.07) is 7.29. The standard InChI is InChI=1S/C20H21N3O8.C2HF3O2/c1-10(18(26)23-14(19(27)28)9-16(24)25)8-13-6-7-15(30-13)20(29)31-12-4-2-11(3-5-12)17(21)22;3-2(4,5)1(6)7/h2-7,10,14H,8-9H2,1H3,(H3,21,22)(H,23,26)(H,24,25)(H,27,28);(H,6,7)/t10-,14+;/m1./s1. The van der Waals surface area contributed by atoms with Crippen LogP contribution >= 0.6 is 0 Å². The molecule has 0 aliphatic heterocycles. The predicted octanol–water partition coefficient (Wildman–Crippen LogP) is 1.64. The minimum Gasteiger partial charge on any atom is -0.481 e. The molecular weight excluding hydrogens is 523 g/mol. The highest BCUT2D eigenvalue weighted by Gasteiger charge is 2.38. The van der Waals surface area contributed by atoms with E-state index in [2.05, 4.69) is 5.32 Å². The highest BCUT2D eigenvalue weighted by molar-refractivity contribution is 5.95. The van der Waals surface area contributed by atoms with E-state index in [9.17, 15) is 32.3 Å². The monoisotopic (exact) mass is 545 g/mol. The average molecular weight is 545 g/mol. The van der Waals surface area contributed by atoms with E-state index in [0.29, 0.717) is 5.56 Å². The first-order valence-corrected chi connectivity index (χ1v) is 10.3. The number of nitrogen functional groups attached to an aromatic ring is 1. The molecule has 2 rings (SSSR count). The van der Waals surface area contributed by atoms with E-state index in [1.54, 1.807) is 0 Å². The van der Waals surface area contributed by atoms with Crippen LogP contribution in [0.1, 0.15) is 35.2 Å². The molecule has 0 radical (unpaired) electrons.